The van der Waals surface area contributed by atoms with E-state index in [-0.39, 0.29) is 34.7 Å². The minimum Gasteiger partial charge on any atom is -0.311 e. The Balaban J connectivity index is 1.31. The van der Waals surface area contributed by atoms with Crippen molar-refractivity contribution in [2.75, 3.05) is 4.90 Å². The third kappa shape index (κ3) is 5.72. The van der Waals surface area contributed by atoms with Crippen molar-refractivity contribution in [1.82, 2.24) is 0 Å². The molecule has 0 aliphatic heterocycles. The summed E-state index contributed by atoms with van der Waals surface area (Å²) in [6.07, 6.45) is 0. The molecule has 0 saturated carbocycles. The summed E-state index contributed by atoms with van der Waals surface area (Å²) in [5, 5.41) is 1.63. The van der Waals surface area contributed by atoms with Gasteiger partial charge in [-0.25, -0.2) is 0 Å². The van der Waals surface area contributed by atoms with Crippen LogP contribution in [0.5, 0.6) is 0 Å². The van der Waals surface area contributed by atoms with Crippen molar-refractivity contribution in [3.8, 4) is 44.5 Å². The molecule has 0 aliphatic carbocycles. The standard InChI is InChI=1S/C46H33N/c1-4-13-35(14-5-1)45-32-27-39(33-46(45)37-15-6-2-7-16-37)34-23-28-41(29-24-34)47(40-19-8-3-9-20-40)42-30-25-38(26-31-42)44-22-12-18-36-17-10-11-21-43(36)44/h1-33H/i3D,8D,9D,19D,20D,25D,26D,30D,31D. The van der Waals surface area contributed by atoms with E-state index in [2.05, 4.69) is 36.4 Å². The molecule has 0 atom stereocenters. The van der Waals surface area contributed by atoms with E-state index in [4.69, 9.17) is 6.85 Å². The van der Waals surface area contributed by atoms with Crippen molar-refractivity contribution in [1.29, 1.82) is 0 Å². The van der Waals surface area contributed by atoms with Crippen LogP contribution in [0.25, 0.3) is 55.3 Å². The summed E-state index contributed by atoms with van der Waals surface area (Å²) in [5.41, 5.74) is 6.36. The smallest absolute Gasteiger partial charge is 0.0645 e. The van der Waals surface area contributed by atoms with Crippen LogP contribution in [0.1, 0.15) is 12.3 Å². The first kappa shape index (κ1) is 20.0. The van der Waals surface area contributed by atoms with Crippen LogP contribution in [0.3, 0.4) is 0 Å². The first-order chi connectivity index (χ1) is 27.1. The monoisotopic (exact) mass is 608 g/mol. The molecule has 1 heteroatoms. The molecule has 0 radical (unpaired) electrons. The lowest BCUT2D eigenvalue weighted by molar-refractivity contribution is 1.28. The molecular formula is C46H33N. The van der Waals surface area contributed by atoms with E-state index in [1.54, 1.807) is 24.3 Å². The highest BCUT2D eigenvalue weighted by atomic mass is 15.1. The number of hydrogen-bond donors (Lipinski definition) is 0. The average Bonchev–Trinajstić information content (AvgIpc) is 3.24. The van der Waals surface area contributed by atoms with Gasteiger partial charge in [0.05, 0.1) is 12.3 Å². The highest BCUT2D eigenvalue weighted by Crippen LogP contribution is 2.39. The maximum atomic E-state index is 9.34. The quantitative estimate of drug-likeness (QED) is 0.174. The zero-order chi connectivity index (χ0) is 39.2. The second-order valence-electron chi connectivity index (χ2n) is 11.1. The van der Waals surface area contributed by atoms with Crippen molar-refractivity contribution in [2.24, 2.45) is 0 Å². The highest BCUT2D eigenvalue weighted by Gasteiger charge is 2.15. The number of nitrogens with zero attached hydrogens (tertiary/aromatic N) is 1. The Hall–Kier alpha value is -6.18. The highest BCUT2D eigenvalue weighted by molar-refractivity contribution is 5.97. The second kappa shape index (κ2) is 12.7. The first-order valence-electron chi connectivity index (χ1n) is 19.9. The average molecular weight is 609 g/mol. The summed E-state index contributed by atoms with van der Waals surface area (Å²) < 4.78 is 80.2. The molecule has 1 nitrogen and oxygen atoms in total. The molecule has 0 saturated heterocycles. The maximum Gasteiger partial charge on any atom is 0.0645 e. The zero-order valence-corrected chi connectivity index (χ0v) is 25.3. The normalized spacial score (nSPS) is 13.7. The van der Waals surface area contributed by atoms with Crippen LogP contribution in [0.2, 0.25) is 0 Å². The van der Waals surface area contributed by atoms with Crippen molar-refractivity contribution in [2.45, 2.75) is 0 Å². The molecule has 47 heavy (non-hydrogen) atoms. The van der Waals surface area contributed by atoms with Gasteiger partial charge in [-0.05, 0) is 97.6 Å². The third-order valence-electron chi connectivity index (χ3n) is 8.25. The van der Waals surface area contributed by atoms with Crippen LogP contribution in [0, 0.1) is 0 Å². The Kier molecular flexibility index (Phi) is 5.40. The minimum absolute atomic E-state index is 0.102. The van der Waals surface area contributed by atoms with Crippen LogP contribution < -0.4 is 4.90 Å². The summed E-state index contributed by atoms with van der Waals surface area (Å²) in [7, 11) is 0. The van der Waals surface area contributed by atoms with E-state index in [0.29, 0.717) is 5.56 Å². The summed E-state index contributed by atoms with van der Waals surface area (Å²) in [5.74, 6) is 0. The van der Waals surface area contributed by atoms with E-state index < -0.39 is 42.3 Å². The lowest BCUT2D eigenvalue weighted by Gasteiger charge is -2.26. The van der Waals surface area contributed by atoms with Crippen molar-refractivity contribution in [3.05, 3.63) is 200 Å². The van der Waals surface area contributed by atoms with E-state index >= 15 is 0 Å². The Labute approximate surface area is 289 Å². The van der Waals surface area contributed by atoms with E-state index in [1.807, 2.05) is 84.9 Å². The van der Waals surface area contributed by atoms with Gasteiger partial charge >= 0.3 is 0 Å². The van der Waals surface area contributed by atoms with Crippen LogP contribution in [0.15, 0.2) is 200 Å². The molecule has 0 spiro atoms. The predicted octanol–water partition coefficient (Wildman–Crippen LogP) is 13.0. The van der Waals surface area contributed by atoms with Gasteiger partial charge in [-0.1, -0.05) is 158 Å². The number of benzene rings is 8. The SMILES string of the molecule is [2H]c1c([2H])c([2H])c(N(c2ccc(-c3ccc(-c4ccccc4)c(-c4ccccc4)c3)cc2)c2c([2H])c([2H])c(-c3cccc4ccccc34)c([2H])c2[2H])c([2H])c1[2H]. The molecule has 0 bridgehead atoms. The van der Waals surface area contributed by atoms with Crippen molar-refractivity contribution >= 4 is 27.8 Å². The van der Waals surface area contributed by atoms with Gasteiger partial charge in [0.2, 0.25) is 0 Å². The van der Waals surface area contributed by atoms with Crippen molar-refractivity contribution in [3.63, 3.8) is 0 Å². The van der Waals surface area contributed by atoms with Crippen molar-refractivity contribution < 1.29 is 12.3 Å². The van der Waals surface area contributed by atoms with Crippen LogP contribution in [0.4, 0.5) is 17.1 Å². The van der Waals surface area contributed by atoms with E-state index in [1.165, 1.54) is 4.90 Å². The van der Waals surface area contributed by atoms with Crippen LogP contribution in [-0.4, -0.2) is 0 Å². The molecule has 0 heterocycles. The van der Waals surface area contributed by atoms with Gasteiger partial charge in [-0.15, -0.1) is 0 Å². The predicted molar refractivity (Wildman–Crippen MR) is 200 cm³/mol. The summed E-state index contributed by atoms with van der Waals surface area (Å²) in [4.78, 5) is 1.26. The molecule has 0 amide bonds. The number of fused-ring (bicyclic) bond motifs is 1. The van der Waals surface area contributed by atoms with Gasteiger partial charge in [-0.3, -0.25) is 0 Å². The molecule has 8 aromatic carbocycles. The third-order valence-corrected chi connectivity index (χ3v) is 8.25. The Morgan fingerprint density at radius 3 is 1.66 bits per heavy atom. The lowest BCUT2D eigenvalue weighted by atomic mass is 9.91. The minimum atomic E-state index is -0.586. The number of rotatable bonds is 7. The fraction of sp³-hybridized carbons (Fsp3) is 0. The lowest BCUT2D eigenvalue weighted by Crippen LogP contribution is -2.09. The maximum absolute atomic E-state index is 9.34. The van der Waals surface area contributed by atoms with E-state index in [0.717, 1.165) is 44.2 Å². The fourth-order valence-corrected chi connectivity index (χ4v) is 5.97. The number of para-hydroxylation sites is 1. The molecule has 0 fully saturated rings. The summed E-state index contributed by atoms with van der Waals surface area (Å²) in [6.45, 7) is 0. The largest absolute Gasteiger partial charge is 0.311 e. The molecule has 0 aromatic heterocycles. The molecule has 8 rings (SSSR count). The first-order valence-corrected chi connectivity index (χ1v) is 15.4. The number of anilines is 3. The molecule has 222 valence electrons. The Bertz CT molecular complexity index is 2720. The van der Waals surface area contributed by atoms with Gasteiger partial charge in [0.25, 0.3) is 0 Å². The Morgan fingerprint density at radius 2 is 0.936 bits per heavy atom. The van der Waals surface area contributed by atoms with Gasteiger partial charge in [-0.2, -0.15) is 0 Å². The fourth-order valence-electron chi connectivity index (χ4n) is 5.97. The molecular weight excluding hydrogens is 567 g/mol. The van der Waals surface area contributed by atoms with Gasteiger partial charge in [0.1, 0.15) is 0 Å². The van der Waals surface area contributed by atoms with Crippen LogP contribution in [-0.2, 0) is 0 Å². The van der Waals surface area contributed by atoms with Gasteiger partial charge < -0.3 is 4.90 Å². The molecule has 0 N–H and O–H groups in total. The van der Waals surface area contributed by atoms with Gasteiger partial charge in [0, 0.05) is 17.1 Å². The summed E-state index contributed by atoms with van der Waals surface area (Å²) in [6, 6.07) is 42.2. The summed E-state index contributed by atoms with van der Waals surface area (Å²) >= 11 is 0. The Morgan fingerprint density at radius 1 is 0.340 bits per heavy atom. The topological polar surface area (TPSA) is 3.24 Å². The zero-order valence-electron chi connectivity index (χ0n) is 34.3. The number of hydrogen-bond acceptors (Lipinski definition) is 1. The molecule has 8 aromatic rings. The molecule has 0 aliphatic rings. The van der Waals surface area contributed by atoms with E-state index in [9.17, 15) is 5.48 Å². The second-order valence-corrected chi connectivity index (χ2v) is 11.1. The van der Waals surface area contributed by atoms with Crippen LogP contribution >= 0.6 is 0 Å². The van der Waals surface area contributed by atoms with Gasteiger partial charge in [0.15, 0.2) is 0 Å². The molecule has 0 unspecified atom stereocenters.